The van der Waals surface area contributed by atoms with E-state index in [0.717, 1.165) is 46.1 Å². The highest BCUT2D eigenvalue weighted by Crippen LogP contribution is 2.41. The zero-order valence-corrected chi connectivity index (χ0v) is 31.3. The molecule has 9 nitrogen and oxygen atoms in total. The van der Waals surface area contributed by atoms with Crippen molar-refractivity contribution in [2.24, 2.45) is 0 Å². The minimum atomic E-state index is -0.345. The number of ether oxygens (including phenoxy) is 1. The Morgan fingerprint density at radius 2 is 1.74 bits per heavy atom. The van der Waals surface area contributed by atoms with Gasteiger partial charge >= 0.3 is 0 Å². The molecule has 3 aromatic carbocycles. The number of carbonyl (C=O) groups is 2. The normalized spacial score (nSPS) is 17.0. The quantitative estimate of drug-likeness (QED) is 0.148. The van der Waals surface area contributed by atoms with Crippen LogP contribution in [-0.4, -0.2) is 70.5 Å². The molecule has 2 fully saturated rings. The third-order valence-electron chi connectivity index (χ3n) is 10.1. The smallest absolute Gasteiger partial charge is 0.272 e. The molecule has 2 N–H and O–H groups in total. The van der Waals surface area contributed by atoms with Crippen molar-refractivity contribution in [3.8, 4) is 0 Å². The monoisotopic (exact) mass is 748 g/mol. The molecule has 0 saturated carbocycles. The Bertz CT molecular complexity index is 2150. The number of benzene rings is 3. The van der Waals surface area contributed by atoms with Gasteiger partial charge in [0, 0.05) is 65.5 Å². The highest BCUT2D eigenvalue weighted by atomic mass is 35.5. The van der Waals surface area contributed by atoms with Gasteiger partial charge in [-0.15, -0.1) is 0 Å². The second-order valence-electron chi connectivity index (χ2n) is 13.4. The summed E-state index contributed by atoms with van der Waals surface area (Å²) in [6, 6.07) is 27.0. The molecule has 2 saturated heterocycles. The molecule has 4 heterocycles. The summed E-state index contributed by atoms with van der Waals surface area (Å²) in [5, 5.41) is 5.22. The van der Waals surface area contributed by atoms with Crippen LogP contribution in [-0.2, 0) is 9.53 Å². The van der Waals surface area contributed by atoms with E-state index in [9.17, 15) is 9.59 Å². The summed E-state index contributed by atoms with van der Waals surface area (Å²) in [6.45, 7) is 11.3. The largest absolute Gasteiger partial charge is 0.368 e. The summed E-state index contributed by atoms with van der Waals surface area (Å²) in [6.07, 6.45) is 4.86. The number of pyridine rings is 1. The number of anilines is 2. The van der Waals surface area contributed by atoms with Crippen LogP contribution in [0.5, 0.6) is 0 Å². The summed E-state index contributed by atoms with van der Waals surface area (Å²) >= 11 is 12.8. The third kappa shape index (κ3) is 7.55. The van der Waals surface area contributed by atoms with Crippen molar-refractivity contribution in [2.45, 2.75) is 38.8 Å². The maximum atomic E-state index is 14.7. The molecule has 0 bridgehead atoms. The Hall–Kier alpha value is -5.09. The Balaban J connectivity index is 1.28. The van der Waals surface area contributed by atoms with E-state index in [0.29, 0.717) is 65.6 Å². The van der Waals surface area contributed by atoms with Gasteiger partial charge in [-0.25, -0.2) is 4.98 Å². The highest BCUT2D eigenvalue weighted by molar-refractivity contribution is 6.31. The van der Waals surface area contributed by atoms with Crippen molar-refractivity contribution >= 4 is 68.7 Å². The first-order valence-electron chi connectivity index (χ1n) is 17.9. The predicted octanol–water partition coefficient (Wildman–Crippen LogP) is 9.04. The van der Waals surface area contributed by atoms with Gasteiger partial charge < -0.3 is 29.7 Å². The van der Waals surface area contributed by atoms with E-state index in [1.165, 1.54) is 0 Å². The van der Waals surface area contributed by atoms with Gasteiger partial charge in [0.05, 0.1) is 17.4 Å². The van der Waals surface area contributed by atoms with Crippen LogP contribution in [0.4, 0.5) is 11.5 Å². The van der Waals surface area contributed by atoms with E-state index >= 15 is 0 Å². The summed E-state index contributed by atoms with van der Waals surface area (Å²) in [4.78, 5) is 41.9. The van der Waals surface area contributed by atoms with Crippen molar-refractivity contribution < 1.29 is 14.3 Å². The van der Waals surface area contributed by atoms with Crippen LogP contribution in [0.1, 0.15) is 59.9 Å². The van der Waals surface area contributed by atoms with E-state index < -0.39 is 0 Å². The van der Waals surface area contributed by atoms with E-state index in [1.54, 1.807) is 18.5 Å². The third-order valence-corrected chi connectivity index (χ3v) is 10.6. The zero-order chi connectivity index (χ0) is 37.1. The minimum absolute atomic E-state index is 0.0525. The Morgan fingerprint density at radius 3 is 2.43 bits per heavy atom. The molecular weight excluding hydrogens is 707 g/mol. The van der Waals surface area contributed by atoms with Crippen LogP contribution in [0.25, 0.3) is 22.2 Å². The first kappa shape index (κ1) is 36.3. The van der Waals surface area contributed by atoms with Crippen LogP contribution in [0.15, 0.2) is 104 Å². The second kappa shape index (κ2) is 15.9. The van der Waals surface area contributed by atoms with Crippen LogP contribution < -0.4 is 10.2 Å². The van der Waals surface area contributed by atoms with Crippen LogP contribution in [0.2, 0.25) is 10.0 Å². The number of carbonyl (C=O) groups excluding carboxylic acids is 2. The standard InChI is InChI=1S/C42H42Cl2N6O3/c1-4-50(28(3)30-14-16-31(43)17-15-30)39(27(2)29-10-6-5-7-11-29)37-33-19-18-32(44)26-35(33)46-38(37)41(51)47-34-12-8-20-45-40(34)48-21-23-49(24-22-48)42(52)36-13-9-25-53-36/h4-8,10-12,14-20,26,28,36,46H,1,9,13,21-25H2,2-3H3,(H,47,51)/b39-27+. The summed E-state index contributed by atoms with van der Waals surface area (Å²) in [7, 11) is 0. The molecule has 11 heteroatoms. The number of piperazine rings is 1. The summed E-state index contributed by atoms with van der Waals surface area (Å²) < 4.78 is 5.65. The molecule has 2 atom stereocenters. The van der Waals surface area contributed by atoms with Crippen molar-refractivity contribution in [2.75, 3.05) is 43.0 Å². The Morgan fingerprint density at radius 1 is 1.00 bits per heavy atom. The molecule has 2 aromatic heterocycles. The topological polar surface area (TPSA) is 93.8 Å². The fourth-order valence-corrected chi connectivity index (χ4v) is 7.61. The number of rotatable bonds is 10. The number of allylic oxidation sites excluding steroid dienone is 1. The predicted molar refractivity (Wildman–Crippen MR) is 214 cm³/mol. The molecule has 2 aliphatic heterocycles. The lowest BCUT2D eigenvalue weighted by molar-refractivity contribution is -0.141. The van der Waals surface area contributed by atoms with Crippen molar-refractivity contribution in [3.05, 3.63) is 136 Å². The van der Waals surface area contributed by atoms with Gasteiger partial charge in [-0.1, -0.05) is 78.3 Å². The van der Waals surface area contributed by atoms with Crippen molar-refractivity contribution in [1.82, 2.24) is 19.8 Å². The highest BCUT2D eigenvalue weighted by Gasteiger charge is 2.32. The minimum Gasteiger partial charge on any atom is -0.368 e. The first-order chi connectivity index (χ1) is 25.7. The molecule has 5 aromatic rings. The number of halogens is 2. The number of nitrogens with zero attached hydrogens (tertiary/aromatic N) is 4. The molecule has 0 spiro atoms. The van der Waals surface area contributed by atoms with Gasteiger partial charge in [-0.2, -0.15) is 0 Å². The average Bonchev–Trinajstić information content (AvgIpc) is 3.86. The van der Waals surface area contributed by atoms with E-state index in [-0.39, 0.29) is 24.0 Å². The summed E-state index contributed by atoms with van der Waals surface area (Å²) in [5.74, 6) is 0.359. The summed E-state index contributed by atoms with van der Waals surface area (Å²) in [5.41, 5.74) is 6.15. The van der Waals surface area contributed by atoms with Gasteiger partial charge in [-0.3, -0.25) is 9.59 Å². The fraction of sp³-hybridized carbons (Fsp3) is 0.262. The second-order valence-corrected chi connectivity index (χ2v) is 14.2. The average molecular weight is 750 g/mol. The number of nitrogens with one attached hydrogen (secondary N) is 2. The van der Waals surface area contributed by atoms with Gasteiger partial charge in [-0.05, 0) is 86.0 Å². The first-order valence-corrected chi connectivity index (χ1v) is 18.6. The lowest BCUT2D eigenvalue weighted by Gasteiger charge is -2.37. The van der Waals surface area contributed by atoms with Gasteiger partial charge in [0.15, 0.2) is 5.82 Å². The molecular formula is C42H42Cl2N6O3. The Kier molecular flexibility index (Phi) is 10.9. The number of hydrogen-bond acceptors (Lipinski definition) is 6. The van der Waals surface area contributed by atoms with Gasteiger partial charge in [0.2, 0.25) is 0 Å². The van der Waals surface area contributed by atoms with Crippen molar-refractivity contribution in [3.63, 3.8) is 0 Å². The van der Waals surface area contributed by atoms with E-state index in [2.05, 4.69) is 52.7 Å². The fourth-order valence-electron chi connectivity index (χ4n) is 7.31. The zero-order valence-electron chi connectivity index (χ0n) is 29.8. The van der Waals surface area contributed by atoms with Gasteiger partial charge in [0.1, 0.15) is 11.8 Å². The number of fused-ring (bicyclic) bond motifs is 1. The lowest BCUT2D eigenvalue weighted by Crippen LogP contribution is -2.51. The number of amides is 2. The van der Waals surface area contributed by atoms with E-state index in [1.807, 2.05) is 71.6 Å². The molecule has 7 rings (SSSR count). The molecule has 2 aliphatic rings. The molecule has 0 radical (unpaired) electrons. The maximum Gasteiger partial charge on any atom is 0.272 e. The van der Waals surface area contributed by atoms with Crippen LogP contribution in [0, 0.1) is 0 Å². The number of H-pyrrole nitrogens is 1. The molecule has 0 aliphatic carbocycles. The molecule has 2 unspecified atom stereocenters. The van der Waals surface area contributed by atoms with Gasteiger partial charge in [0.25, 0.3) is 11.8 Å². The van der Waals surface area contributed by atoms with Crippen LogP contribution >= 0.6 is 23.2 Å². The maximum absolute atomic E-state index is 14.7. The van der Waals surface area contributed by atoms with Crippen LogP contribution in [0.3, 0.4) is 0 Å². The Labute approximate surface area is 319 Å². The molecule has 53 heavy (non-hydrogen) atoms. The molecule has 272 valence electrons. The SMILES string of the molecule is C=CN(/C(=C(\C)c1ccccc1)c1c(C(=O)Nc2cccnc2N2CCN(C(=O)C3CCCO3)CC2)[nH]c2cc(Cl)ccc12)C(C)c1ccc(Cl)cc1. The number of aromatic amines is 1. The van der Waals surface area contributed by atoms with Crippen molar-refractivity contribution in [1.29, 1.82) is 0 Å². The van der Waals surface area contributed by atoms with E-state index in [4.69, 9.17) is 32.9 Å². The number of hydrogen-bond donors (Lipinski definition) is 2. The lowest BCUT2D eigenvalue weighted by atomic mass is 9.95. The number of aromatic nitrogens is 2. The molecule has 2 amide bonds.